The van der Waals surface area contributed by atoms with Gasteiger partial charge in [0.2, 0.25) is 0 Å². The molecule has 19 rings (SSSR count). The van der Waals surface area contributed by atoms with Crippen LogP contribution in [0.3, 0.4) is 0 Å². The van der Waals surface area contributed by atoms with Gasteiger partial charge >= 0.3 is 0 Å². The van der Waals surface area contributed by atoms with Crippen LogP contribution >= 0.6 is 0 Å². The Bertz CT molecular complexity index is 6830. The van der Waals surface area contributed by atoms with E-state index in [9.17, 15) is 0 Å². The summed E-state index contributed by atoms with van der Waals surface area (Å²) < 4.78 is 36.8. The number of anilines is 6. The van der Waals surface area contributed by atoms with Gasteiger partial charge in [-0.3, -0.25) is 0 Å². The zero-order valence-electron chi connectivity index (χ0n) is 68.2. The minimum atomic E-state index is -2.34. The molecule has 0 N–H and O–H groups in total. The van der Waals surface area contributed by atoms with Gasteiger partial charge in [-0.25, -0.2) is 23.7 Å². The molecule has 0 amide bonds. The summed E-state index contributed by atoms with van der Waals surface area (Å²) >= 11 is 0. The zero-order chi connectivity index (χ0) is 79.5. The predicted octanol–water partition coefficient (Wildman–Crippen LogP) is 26.9. The molecule has 10 nitrogen and oxygen atoms in total. The summed E-state index contributed by atoms with van der Waals surface area (Å²) in [5.41, 5.74) is 26.0. The van der Waals surface area contributed by atoms with Crippen LogP contribution in [0.2, 0.25) is 0 Å². The van der Waals surface area contributed by atoms with Crippen molar-refractivity contribution >= 4 is 99.8 Å². The summed E-state index contributed by atoms with van der Waals surface area (Å²) in [6, 6.07) is 123. The number of aromatic nitrogens is 8. The molecule has 115 heavy (non-hydrogen) atoms. The molecule has 0 atom stereocenters. The van der Waals surface area contributed by atoms with Gasteiger partial charge < -0.3 is 18.9 Å². The van der Waals surface area contributed by atoms with Gasteiger partial charge in [0.1, 0.15) is 17.3 Å². The van der Waals surface area contributed by atoms with Gasteiger partial charge in [0, 0.05) is 124 Å². The topological polar surface area (TPSA) is 61.8 Å². The third-order valence-electron chi connectivity index (χ3n) is 21.7. The van der Waals surface area contributed by atoms with E-state index < -0.39 is 6.98 Å². The second-order valence-electron chi connectivity index (χ2n) is 30.2. The SMILES string of the molecule is CC(C)c1cccc(C(C)C)c1-c1ccnc(-n2c3[c-]c(N(c4[c-]c(-n5[cH+]n(-c6ccccc6)c6ccccc65)ccc4)c4ccccc4)ccc3c3ccccc32)c1.[2H]C([2H])([2H])n1[cH+]n(-c2[c-]c(N(c3[c-]c4c(cc3)c3ccccc3n4-c3cc(-c4c(C(C)C)cccc4C(C)C)ccn3)c3ccccc3)ccc2)c2ccccc21.[Pt].[Pt]. The van der Waals surface area contributed by atoms with E-state index in [2.05, 4.69) is 363 Å². The number of fused-ring (bicyclic) bond motifs is 8. The first-order chi connectivity index (χ1) is 56.5. The number of hydrogen-bond donors (Lipinski definition) is 0. The van der Waals surface area contributed by atoms with E-state index in [1.54, 1.807) is 6.33 Å². The second-order valence-corrected chi connectivity index (χ2v) is 30.2. The fourth-order valence-corrected chi connectivity index (χ4v) is 16.5. The molecule has 0 fully saturated rings. The molecule has 19 aromatic rings. The molecule has 0 saturated heterocycles. The fraction of sp³-hybridized carbons (Fsp3) is 0.126. The molecule has 13 aromatic carbocycles. The number of para-hydroxylation sites is 9. The maximum atomic E-state index is 8.21. The predicted molar refractivity (Wildman–Crippen MR) is 470 cm³/mol. The van der Waals surface area contributed by atoms with Crippen LogP contribution in [0.25, 0.3) is 117 Å². The molecule has 12 heteroatoms. The average molecular weight is 1860 g/mol. The Labute approximate surface area is 705 Å². The van der Waals surface area contributed by atoms with Gasteiger partial charge in [0.15, 0.2) is 34.7 Å². The maximum Gasteiger partial charge on any atom is 0.188 e. The largest absolute Gasteiger partial charge is 0.358 e. The van der Waals surface area contributed by atoms with Gasteiger partial charge in [0.25, 0.3) is 0 Å². The number of aryl methyl sites for hydroxylation is 1. The summed E-state index contributed by atoms with van der Waals surface area (Å²) in [6.45, 7) is 15.8. The standard InChI is InChI=1S/C54H44N5.C49H42N5.2Pt/c1-37(2)45-24-16-25-46(38(3)4)54(45)39-31-32-55-53(33-39)59-49-26-12-11-23-47(49)48-30-29-44(35-52(48)59)58(41-19-9-6-10-20-41)43-22-15-21-42(34-43)57-36-56(40-17-7-5-8-18-40)50-27-13-14-28-51(50)57;1-33(2)40-20-14-21-41(34(3)4)49(40)35-27-28-50-48(29-35)54-44-22-10-9-19-42(44)43-26-25-39(31-47(43)54)53(36-15-7-6-8-16-36)38-18-13-17-37(30-38)52-32-51(5)45-23-11-12-24-46(45)52;;/h5-33,36-38H,1-4H3;6-29,32-34H,1-5H3;;/q2*-1;;/i;5D3;;. The quantitative estimate of drug-likeness (QED) is 0.0853. The summed E-state index contributed by atoms with van der Waals surface area (Å²) in [6.07, 6.45) is 7.68. The summed E-state index contributed by atoms with van der Waals surface area (Å²) in [4.78, 5) is 14.5. The minimum absolute atomic E-state index is 0. The summed E-state index contributed by atoms with van der Waals surface area (Å²) in [7, 11) is 0. The van der Waals surface area contributed by atoms with Crippen LogP contribution in [0.5, 0.6) is 0 Å². The van der Waals surface area contributed by atoms with Crippen molar-refractivity contribution in [1.29, 1.82) is 0 Å². The van der Waals surface area contributed by atoms with E-state index in [-0.39, 0.29) is 42.1 Å². The normalized spacial score (nSPS) is 12.0. The molecule has 0 aliphatic heterocycles. The van der Waals surface area contributed by atoms with Crippen molar-refractivity contribution in [3.63, 3.8) is 0 Å². The van der Waals surface area contributed by atoms with Gasteiger partial charge in [-0.2, -0.15) is 28.8 Å². The number of rotatable bonds is 17. The van der Waals surface area contributed by atoms with Crippen molar-refractivity contribution in [2.75, 3.05) is 9.80 Å². The van der Waals surface area contributed by atoms with Gasteiger partial charge in [0.05, 0.1) is 0 Å². The number of imidazole rings is 2. The van der Waals surface area contributed by atoms with Crippen LogP contribution in [0.4, 0.5) is 34.1 Å². The third kappa shape index (κ3) is 14.3. The molecule has 0 unspecified atom stereocenters. The van der Waals surface area contributed by atoms with E-state index in [0.29, 0.717) is 34.9 Å². The summed E-state index contributed by atoms with van der Waals surface area (Å²) in [5.74, 6) is 3.16. The Morgan fingerprint density at radius 1 is 0.322 bits per heavy atom. The van der Waals surface area contributed by atoms with E-state index in [4.69, 9.17) is 14.1 Å². The van der Waals surface area contributed by atoms with Crippen molar-refractivity contribution in [3.8, 4) is 51.0 Å². The van der Waals surface area contributed by atoms with Crippen LogP contribution in [0.1, 0.15) is 105 Å². The molecule has 0 radical (unpaired) electrons. The van der Waals surface area contributed by atoms with Crippen molar-refractivity contribution in [2.24, 2.45) is 6.98 Å². The molecule has 6 aromatic heterocycles. The Morgan fingerprint density at radius 2 is 0.678 bits per heavy atom. The average Bonchev–Trinajstić information content (AvgIpc) is 1.57. The zero-order valence-corrected chi connectivity index (χ0v) is 69.7. The van der Waals surface area contributed by atoms with Crippen LogP contribution < -0.4 is 9.80 Å². The first-order valence-corrected chi connectivity index (χ1v) is 39.0. The first-order valence-electron chi connectivity index (χ1n) is 40.5. The minimum Gasteiger partial charge on any atom is -0.358 e. The Morgan fingerprint density at radius 3 is 1.10 bits per heavy atom. The first kappa shape index (κ1) is 72.9. The Balaban J connectivity index is 0.000000174. The molecule has 0 saturated carbocycles. The van der Waals surface area contributed by atoms with Gasteiger partial charge in [-0.05, 0) is 164 Å². The van der Waals surface area contributed by atoms with Gasteiger partial charge in [-0.15, -0.1) is 59.3 Å². The Kier molecular flexibility index (Phi) is 20.7. The van der Waals surface area contributed by atoms with Crippen LogP contribution in [0, 0.1) is 24.3 Å². The van der Waals surface area contributed by atoms with Crippen molar-refractivity contribution in [1.82, 2.24) is 37.4 Å². The van der Waals surface area contributed by atoms with Crippen LogP contribution in [-0.2, 0) is 49.1 Å². The van der Waals surface area contributed by atoms with Crippen LogP contribution in [0.15, 0.2) is 334 Å². The van der Waals surface area contributed by atoms with Crippen molar-refractivity contribution in [2.45, 2.75) is 79.1 Å². The van der Waals surface area contributed by atoms with E-state index in [1.165, 1.54) is 43.5 Å². The molecule has 0 spiro atoms. The molecule has 570 valence electrons. The van der Waals surface area contributed by atoms with E-state index in [1.807, 2.05) is 77.6 Å². The molecule has 0 aliphatic carbocycles. The number of nitrogens with zero attached hydrogens (tertiary/aromatic N) is 10. The molecule has 0 aliphatic rings. The Hall–Kier alpha value is -12.3. The number of benzene rings is 13. The van der Waals surface area contributed by atoms with Crippen LogP contribution in [-0.4, -0.2) is 37.4 Å². The van der Waals surface area contributed by atoms with Gasteiger partial charge in [-0.1, -0.05) is 241 Å². The maximum absolute atomic E-state index is 8.21. The molecular formula is C103H86N10Pt2-2. The second kappa shape index (κ2) is 32.6. The summed E-state index contributed by atoms with van der Waals surface area (Å²) in [5, 5.41) is 4.48. The van der Waals surface area contributed by atoms with E-state index >= 15 is 0 Å². The molecule has 6 heterocycles. The smallest absolute Gasteiger partial charge is 0.188 e. The monoisotopic (exact) mass is 1860 g/mol. The van der Waals surface area contributed by atoms with E-state index in [0.717, 1.165) is 123 Å². The fourth-order valence-electron chi connectivity index (χ4n) is 16.5. The van der Waals surface area contributed by atoms with Crippen molar-refractivity contribution < 1.29 is 46.2 Å². The number of hydrogen-bond acceptors (Lipinski definition) is 4. The molecular weight excluding hydrogens is 1770 g/mol. The van der Waals surface area contributed by atoms with Crippen molar-refractivity contribution in [3.05, 3.63) is 381 Å². The molecule has 0 bridgehead atoms. The number of pyridine rings is 2. The third-order valence-corrected chi connectivity index (χ3v) is 21.7.